The monoisotopic (exact) mass is 447 g/mol. The highest BCUT2D eigenvalue weighted by atomic mass is 35.5. The van der Waals surface area contributed by atoms with Crippen LogP contribution in [-0.4, -0.2) is 43.9 Å². The average Bonchev–Trinajstić information content (AvgIpc) is 3.20. The lowest BCUT2D eigenvalue weighted by Gasteiger charge is -2.33. The lowest BCUT2D eigenvalue weighted by atomic mass is 10.1. The van der Waals surface area contributed by atoms with Gasteiger partial charge in [0, 0.05) is 37.1 Å². The maximum absolute atomic E-state index is 12.9. The summed E-state index contributed by atoms with van der Waals surface area (Å²) >= 11 is 7.70. The van der Waals surface area contributed by atoms with Gasteiger partial charge in [-0.05, 0) is 43.2 Å². The van der Waals surface area contributed by atoms with E-state index < -0.39 is 10.0 Å². The van der Waals surface area contributed by atoms with E-state index in [9.17, 15) is 8.42 Å². The molecule has 4 rings (SSSR count). The molecule has 0 amide bonds. The van der Waals surface area contributed by atoms with Crippen molar-refractivity contribution in [1.82, 2.24) is 9.29 Å². The highest BCUT2D eigenvalue weighted by Crippen LogP contribution is 2.30. The maximum atomic E-state index is 12.9. The van der Waals surface area contributed by atoms with Crippen LogP contribution in [0.15, 0.2) is 52.7 Å². The predicted octanol–water partition coefficient (Wildman–Crippen LogP) is 4.59. The summed E-state index contributed by atoms with van der Waals surface area (Å²) in [5.74, 6) is 0. The molecule has 8 heteroatoms. The molecule has 29 heavy (non-hydrogen) atoms. The van der Waals surface area contributed by atoms with Crippen molar-refractivity contribution in [2.75, 3.05) is 31.1 Å². The second-order valence-corrected chi connectivity index (χ2v) is 10.3. The second kappa shape index (κ2) is 8.07. The molecule has 0 saturated carbocycles. The van der Waals surface area contributed by atoms with Crippen LogP contribution in [0.1, 0.15) is 11.1 Å². The maximum Gasteiger partial charge on any atom is 0.244 e. The van der Waals surface area contributed by atoms with Crippen LogP contribution < -0.4 is 4.90 Å². The summed E-state index contributed by atoms with van der Waals surface area (Å²) in [7, 11) is -3.59. The Bertz CT molecular complexity index is 1140. The van der Waals surface area contributed by atoms with Crippen molar-refractivity contribution in [1.29, 1.82) is 0 Å². The van der Waals surface area contributed by atoms with Gasteiger partial charge >= 0.3 is 0 Å². The Balaban J connectivity index is 1.47. The Morgan fingerprint density at radius 2 is 1.72 bits per heavy atom. The van der Waals surface area contributed by atoms with Crippen LogP contribution in [-0.2, 0) is 10.0 Å². The molecule has 1 aliphatic heterocycles. The number of rotatable bonds is 4. The van der Waals surface area contributed by atoms with Gasteiger partial charge in [-0.1, -0.05) is 35.9 Å². The van der Waals surface area contributed by atoms with Gasteiger partial charge in [0.1, 0.15) is 4.90 Å². The number of halogens is 1. The van der Waals surface area contributed by atoms with E-state index in [0.29, 0.717) is 26.2 Å². The Morgan fingerprint density at radius 1 is 1.00 bits per heavy atom. The zero-order valence-corrected chi connectivity index (χ0v) is 18.7. The predicted molar refractivity (Wildman–Crippen MR) is 119 cm³/mol. The van der Waals surface area contributed by atoms with Crippen LogP contribution in [0, 0.1) is 13.8 Å². The average molecular weight is 448 g/mol. The number of nitrogens with zero attached hydrogens (tertiary/aromatic N) is 3. The van der Waals surface area contributed by atoms with E-state index in [2.05, 4.69) is 42.3 Å². The lowest BCUT2D eigenvalue weighted by molar-refractivity contribution is 0.385. The van der Waals surface area contributed by atoms with Crippen molar-refractivity contribution in [3.8, 4) is 11.3 Å². The molecule has 5 nitrogen and oxygen atoms in total. The molecule has 0 radical (unpaired) electrons. The van der Waals surface area contributed by atoms with Gasteiger partial charge < -0.3 is 4.90 Å². The Morgan fingerprint density at radius 3 is 2.41 bits per heavy atom. The minimum absolute atomic E-state index is 0.168. The van der Waals surface area contributed by atoms with Gasteiger partial charge in [-0.3, -0.25) is 0 Å². The summed E-state index contributed by atoms with van der Waals surface area (Å²) < 4.78 is 27.3. The first-order valence-corrected chi connectivity index (χ1v) is 12.1. The third-order valence-electron chi connectivity index (χ3n) is 5.26. The number of sulfonamides is 1. The quantitative estimate of drug-likeness (QED) is 0.586. The third-order valence-corrected chi connectivity index (χ3v) is 8.56. The minimum atomic E-state index is -3.59. The summed E-state index contributed by atoms with van der Waals surface area (Å²) in [6.45, 7) is 6.22. The molecule has 1 aromatic heterocycles. The van der Waals surface area contributed by atoms with E-state index in [1.807, 2.05) is 0 Å². The molecule has 0 N–H and O–H groups in total. The normalized spacial score (nSPS) is 15.6. The molecule has 3 aromatic rings. The second-order valence-electron chi connectivity index (χ2n) is 7.14. The van der Waals surface area contributed by atoms with Gasteiger partial charge in [-0.2, -0.15) is 4.31 Å². The summed E-state index contributed by atoms with van der Waals surface area (Å²) in [5, 5.41) is 3.24. The summed E-state index contributed by atoms with van der Waals surface area (Å²) in [6, 6.07) is 12.9. The van der Waals surface area contributed by atoms with Crippen LogP contribution in [0.3, 0.4) is 0 Å². The van der Waals surface area contributed by atoms with E-state index in [1.54, 1.807) is 35.6 Å². The van der Waals surface area contributed by atoms with E-state index in [-0.39, 0.29) is 9.92 Å². The molecule has 152 valence electrons. The highest BCUT2D eigenvalue weighted by Gasteiger charge is 2.30. The zero-order chi connectivity index (χ0) is 20.6. The standard InChI is InChI=1S/C21H22ClN3O2S2/c1-15-7-8-17(13-16(15)2)19-14-28-21(23-19)24-9-11-25(12-10-24)29(26,27)20-6-4-3-5-18(20)22/h3-8,13-14H,9-12H2,1-2H3. The molecular formula is C21H22ClN3O2S2. The number of aryl methyl sites for hydroxylation is 2. The van der Waals surface area contributed by atoms with Crippen molar-refractivity contribution in [3.05, 3.63) is 64.0 Å². The Kier molecular flexibility index (Phi) is 5.66. The largest absolute Gasteiger partial charge is 0.345 e. The van der Waals surface area contributed by atoms with Crippen molar-refractivity contribution in [3.63, 3.8) is 0 Å². The number of hydrogen-bond donors (Lipinski definition) is 0. The number of aromatic nitrogens is 1. The summed E-state index contributed by atoms with van der Waals surface area (Å²) in [6.07, 6.45) is 0. The fraction of sp³-hybridized carbons (Fsp3) is 0.286. The van der Waals surface area contributed by atoms with Gasteiger partial charge in [0.15, 0.2) is 5.13 Å². The zero-order valence-electron chi connectivity index (χ0n) is 16.3. The first kappa shape index (κ1) is 20.3. The number of piperazine rings is 1. The Hall–Kier alpha value is -1.93. The highest BCUT2D eigenvalue weighted by molar-refractivity contribution is 7.89. The van der Waals surface area contributed by atoms with Crippen molar-refractivity contribution >= 4 is 38.1 Å². The molecule has 0 aliphatic carbocycles. The summed E-state index contributed by atoms with van der Waals surface area (Å²) in [5.41, 5.74) is 4.57. The number of benzene rings is 2. The number of thiazole rings is 1. The molecule has 0 atom stereocenters. The van der Waals surface area contributed by atoms with Crippen molar-refractivity contribution in [2.45, 2.75) is 18.7 Å². The molecule has 2 aromatic carbocycles. The first-order valence-electron chi connectivity index (χ1n) is 9.39. The third kappa shape index (κ3) is 4.05. The smallest absolute Gasteiger partial charge is 0.244 e. The lowest BCUT2D eigenvalue weighted by Crippen LogP contribution is -2.48. The van der Waals surface area contributed by atoms with E-state index in [1.165, 1.54) is 15.4 Å². The molecule has 1 saturated heterocycles. The number of hydrogen-bond acceptors (Lipinski definition) is 5. The topological polar surface area (TPSA) is 53.5 Å². The van der Waals surface area contributed by atoms with Gasteiger partial charge in [0.05, 0.1) is 10.7 Å². The summed E-state index contributed by atoms with van der Waals surface area (Å²) in [4.78, 5) is 7.10. The SMILES string of the molecule is Cc1ccc(-c2csc(N3CCN(S(=O)(=O)c4ccccc4Cl)CC3)n2)cc1C. The molecule has 0 unspecified atom stereocenters. The van der Waals surface area contributed by atoms with Crippen molar-refractivity contribution in [2.24, 2.45) is 0 Å². The van der Waals surface area contributed by atoms with Crippen LogP contribution in [0.5, 0.6) is 0 Å². The van der Waals surface area contributed by atoms with Crippen LogP contribution in [0.2, 0.25) is 5.02 Å². The fourth-order valence-corrected chi connectivity index (χ4v) is 6.16. The van der Waals surface area contributed by atoms with Gasteiger partial charge in [0.2, 0.25) is 10.0 Å². The van der Waals surface area contributed by atoms with Crippen molar-refractivity contribution < 1.29 is 8.42 Å². The first-order chi connectivity index (χ1) is 13.9. The van der Waals surface area contributed by atoms with Crippen LogP contribution >= 0.6 is 22.9 Å². The van der Waals surface area contributed by atoms with E-state index >= 15 is 0 Å². The van der Waals surface area contributed by atoms with Crippen LogP contribution in [0.25, 0.3) is 11.3 Å². The molecule has 1 fully saturated rings. The molecule has 1 aliphatic rings. The van der Waals surface area contributed by atoms with Gasteiger partial charge in [-0.15, -0.1) is 11.3 Å². The fourth-order valence-electron chi connectivity index (χ4n) is 3.36. The molecule has 0 spiro atoms. The number of anilines is 1. The minimum Gasteiger partial charge on any atom is -0.345 e. The van der Waals surface area contributed by atoms with E-state index in [0.717, 1.165) is 16.4 Å². The van der Waals surface area contributed by atoms with Crippen LogP contribution in [0.4, 0.5) is 5.13 Å². The van der Waals surface area contributed by atoms with E-state index in [4.69, 9.17) is 16.6 Å². The molecular weight excluding hydrogens is 426 g/mol. The Labute approximate surface area is 180 Å². The molecule has 2 heterocycles. The molecule has 0 bridgehead atoms. The van der Waals surface area contributed by atoms with Gasteiger partial charge in [0.25, 0.3) is 0 Å². The van der Waals surface area contributed by atoms with Gasteiger partial charge in [-0.25, -0.2) is 13.4 Å².